The van der Waals surface area contributed by atoms with Gasteiger partial charge in [0.05, 0.1) is 23.3 Å². The van der Waals surface area contributed by atoms with E-state index >= 15 is 0 Å². The van der Waals surface area contributed by atoms with E-state index in [1.54, 1.807) is 6.07 Å². The molecule has 0 amide bonds. The number of nitro benzene ring substituents is 1. The van der Waals surface area contributed by atoms with Gasteiger partial charge in [-0.1, -0.05) is 6.07 Å². The molecule has 0 aliphatic carbocycles. The molecule has 0 atom stereocenters. The first-order valence-electron chi connectivity index (χ1n) is 8.05. The lowest BCUT2D eigenvalue weighted by molar-refractivity contribution is -0.385. The smallest absolute Gasteiger partial charge is 0.311 e. The van der Waals surface area contributed by atoms with Gasteiger partial charge < -0.3 is 4.74 Å². The fourth-order valence-electron chi connectivity index (χ4n) is 3.00. The number of H-pyrrole nitrogens is 1. The minimum absolute atomic E-state index is 0.121. The van der Waals surface area contributed by atoms with Gasteiger partial charge in [-0.2, -0.15) is 0 Å². The predicted octanol–water partition coefficient (Wildman–Crippen LogP) is 0.648. The maximum Gasteiger partial charge on any atom is 0.311 e. The number of hydrogen-bond acceptors (Lipinski definition) is 8. The Labute approximate surface area is 154 Å². The highest BCUT2D eigenvalue weighted by molar-refractivity contribution is 7.90. The van der Waals surface area contributed by atoms with Crippen LogP contribution in [0.2, 0.25) is 0 Å². The molecule has 0 saturated carbocycles. The Kier molecular flexibility index (Phi) is 4.98. The molecule has 144 valence electrons. The summed E-state index contributed by atoms with van der Waals surface area (Å²) in [5.74, 6) is 0.182. The second-order valence-electron chi connectivity index (χ2n) is 6.29. The first kappa shape index (κ1) is 19.0. The maximum absolute atomic E-state index is 12.3. The molecule has 2 heterocycles. The Balaban J connectivity index is 1.84. The third kappa shape index (κ3) is 3.98. The number of nitro groups is 1. The first-order valence-corrected chi connectivity index (χ1v) is 9.94. The summed E-state index contributed by atoms with van der Waals surface area (Å²) >= 11 is 0. The number of nitrogens with one attached hydrogen (secondary N) is 1. The van der Waals surface area contributed by atoms with Gasteiger partial charge in [-0.25, -0.2) is 13.4 Å². The van der Waals surface area contributed by atoms with Crippen molar-refractivity contribution in [3.63, 3.8) is 0 Å². The molecule has 0 saturated heterocycles. The highest BCUT2D eigenvalue weighted by Gasteiger charge is 2.24. The minimum atomic E-state index is -3.60. The molecular formula is C16H18N4O6S. The van der Waals surface area contributed by atoms with E-state index in [2.05, 4.69) is 9.97 Å². The highest BCUT2D eigenvalue weighted by atomic mass is 32.2. The van der Waals surface area contributed by atoms with Crippen molar-refractivity contribution >= 4 is 15.5 Å². The van der Waals surface area contributed by atoms with Crippen LogP contribution in [0.25, 0.3) is 0 Å². The van der Waals surface area contributed by atoms with E-state index < -0.39 is 20.3 Å². The lowest BCUT2D eigenvalue weighted by Crippen LogP contribution is -2.36. The Morgan fingerprint density at radius 1 is 1.41 bits per heavy atom. The van der Waals surface area contributed by atoms with E-state index in [0.29, 0.717) is 36.3 Å². The van der Waals surface area contributed by atoms with Crippen molar-refractivity contribution < 1.29 is 18.1 Å². The Bertz CT molecular complexity index is 1060. The van der Waals surface area contributed by atoms with Crippen LogP contribution in [-0.2, 0) is 29.3 Å². The van der Waals surface area contributed by atoms with Gasteiger partial charge in [0.2, 0.25) is 15.0 Å². The number of methoxy groups -OCH3 is 1. The van der Waals surface area contributed by atoms with Gasteiger partial charge in [0.15, 0.2) is 5.75 Å². The molecule has 10 nitrogen and oxygen atoms in total. The summed E-state index contributed by atoms with van der Waals surface area (Å²) in [6.07, 6.45) is 1.41. The van der Waals surface area contributed by atoms with Crippen molar-refractivity contribution in [3.8, 4) is 5.75 Å². The normalized spacial score (nSPS) is 14.6. The van der Waals surface area contributed by atoms with Crippen LogP contribution in [0.3, 0.4) is 0 Å². The molecule has 0 fully saturated rings. The fourth-order valence-corrected chi connectivity index (χ4v) is 3.56. The average molecular weight is 394 g/mol. The van der Waals surface area contributed by atoms with Crippen LogP contribution in [-0.4, -0.2) is 48.1 Å². The number of aromatic nitrogens is 2. The molecule has 1 aliphatic heterocycles. The minimum Gasteiger partial charge on any atom is -0.490 e. The summed E-state index contributed by atoms with van der Waals surface area (Å²) in [7, 11) is -2.23. The lowest BCUT2D eigenvalue weighted by atomic mass is 10.1. The van der Waals surface area contributed by atoms with Crippen molar-refractivity contribution in [2.45, 2.75) is 24.7 Å². The molecule has 2 aromatic rings. The van der Waals surface area contributed by atoms with Crippen LogP contribution in [0.4, 0.5) is 5.69 Å². The van der Waals surface area contributed by atoms with Gasteiger partial charge in [0.25, 0.3) is 5.56 Å². The van der Waals surface area contributed by atoms with Crippen molar-refractivity contribution in [1.82, 2.24) is 14.9 Å². The van der Waals surface area contributed by atoms with Crippen molar-refractivity contribution in [2.24, 2.45) is 0 Å². The quantitative estimate of drug-likeness (QED) is 0.443. The molecule has 1 aromatic heterocycles. The van der Waals surface area contributed by atoms with E-state index in [1.165, 1.54) is 19.2 Å². The largest absolute Gasteiger partial charge is 0.490 e. The van der Waals surface area contributed by atoms with Gasteiger partial charge in [0, 0.05) is 38.4 Å². The molecule has 0 unspecified atom stereocenters. The molecule has 1 aromatic carbocycles. The standard InChI is InChI=1S/C16H18N4O6S/c1-26-14-4-3-10(7-13(14)20(22)23)8-19-6-5-12-11(9-19)15(21)18-16(17-12)27(2,24)25/h3-4,7H,5-6,8-9H2,1-2H3,(H,17,18,21). The molecule has 3 rings (SSSR count). The van der Waals surface area contributed by atoms with Gasteiger partial charge in [-0.3, -0.25) is 24.8 Å². The zero-order valence-electron chi connectivity index (χ0n) is 14.8. The molecule has 1 aliphatic rings. The van der Waals surface area contributed by atoms with Crippen LogP contribution < -0.4 is 10.3 Å². The third-order valence-electron chi connectivity index (χ3n) is 4.32. The van der Waals surface area contributed by atoms with Crippen LogP contribution in [0.5, 0.6) is 5.75 Å². The predicted molar refractivity (Wildman–Crippen MR) is 95.4 cm³/mol. The summed E-state index contributed by atoms with van der Waals surface area (Å²) in [6.45, 7) is 1.23. The van der Waals surface area contributed by atoms with Gasteiger partial charge in [0.1, 0.15) is 0 Å². The van der Waals surface area contributed by atoms with Crippen molar-refractivity contribution in [2.75, 3.05) is 19.9 Å². The van der Waals surface area contributed by atoms with E-state index in [-0.39, 0.29) is 23.1 Å². The second kappa shape index (κ2) is 7.08. The summed E-state index contributed by atoms with van der Waals surface area (Å²) in [4.78, 5) is 31.2. The lowest BCUT2D eigenvalue weighted by Gasteiger charge is -2.27. The molecule has 1 N–H and O–H groups in total. The van der Waals surface area contributed by atoms with E-state index in [9.17, 15) is 23.3 Å². The summed E-state index contributed by atoms with van der Waals surface area (Å²) in [5, 5.41) is 10.8. The zero-order valence-corrected chi connectivity index (χ0v) is 15.6. The van der Waals surface area contributed by atoms with Crippen LogP contribution >= 0.6 is 0 Å². The van der Waals surface area contributed by atoms with Gasteiger partial charge in [-0.15, -0.1) is 0 Å². The van der Waals surface area contributed by atoms with Crippen molar-refractivity contribution in [3.05, 3.63) is 55.5 Å². The van der Waals surface area contributed by atoms with E-state index in [4.69, 9.17) is 4.74 Å². The number of benzene rings is 1. The molecular weight excluding hydrogens is 376 g/mol. The second-order valence-corrected chi connectivity index (χ2v) is 8.22. The van der Waals surface area contributed by atoms with Gasteiger partial charge in [-0.05, 0) is 11.6 Å². The van der Waals surface area contributed by atoms with Crippen LogP contribution in [0, 0.1) is 10.1 Å². The SMILES string of the molecule is COc1ccc(CN2CCc3nc(S(C)(=O)=O)[nH]c(=O)c3C2)cc1[N+](=O)[O-]. The Hall–Kier alpha value is -2.79. The monoisotopic (exact) mass is 394 g/mol. The first-order chi connectivity index (χ1) is 12.7. The maximum atomic E-state index is 12.3. The third-order valence-corrected chi connectivity index (χ3v) is 5.22. The number of rotatable bonds is 5. The molecule has 0 spiro atoms. The Morgan fingerprint density at radius 3 is 2.78 bits per heavy atom. The number of sulfone groups is 1. The van der Waals surface area contributed by atoms with Crippen molar-refractivity contribution in [1.29, 1.82) is 0 Å². The number of ether oxygens (including phenoxy) is 1. The average Bonchev–Trinajstić information content (AvgIpc) is 2.61. The number of nitrogens with zero attached hydrogens (tertiary/aromatic N) is 3. The number of aromatic amines is 1. The van der Waals surface area contributed by atoms with Gasteiger partial charge >= 0.3 is 5.69 Å². The topological polar surface area (TPSA) is 136 Å². The summed E-state index contributed by atoms with van der Waals surface area (Å²) < 4.78 is 28.2. The summed E-state index contributed by atoms with van der Waals surface area (Å²) in [6, 6.07) is 4.72. The molecule has 27 heavy (non-hydrogen) atoms. The molecule has 0 bridgehead atoms. The molecule has 0 radical (unpaired) electrons. The highest BCUT2D eigenvalue weighted by Crippen LogP contribution is 2.28. The molecule has 11 heteroatoms. The van der Waals surface area contributed by atoms with Crippen LogP contribution in [0.15, 0.2) is 28.2 Å². The van der Waals surface area contributed by atoms with Crippen LogP contribution in [0.1, 0.15) is 16.8 Å². The van der Waals surface area contributed by atoms with E-state index in [0.717, 1.165) is 6.26 Å². The Morgan fingerprint density at radius 2 is 2.15 bits per heavy atom. The number of hydrogen-bond donors (Lipinski definition) is 1. The fraction of sp³-hybridized carbons (Fsp3) is 0.375. The zero-order chi connectivity index (χ0) is 19.8. The summed E-state index contributed by atoms with van der Waals surface area (Å²) in [5.41, 5.74) is 0.992. The number of fused-ring (bicyclic) bond motifs is 1. The van der Waals surface area contributed by atoms with E-state index in [1.807, 2.05) is 4.90 Å².